The van der Waals surface area contributed by atoms with Crippen LogP contribution in [0.3, 0.4) is 0 Å². The zero-order valence-corrected chi connectivity index (χ0v) is 13.9. The lowest BCUT2D eigenvalue weighted by Crippen LogP contribution is -2.28. The van der Waals surface area contributed by atoms with Crippen molar-refractivity contribution in [1.29, 1.82) is 0 Å². The molecule has 118 valence electrons. The lowest BCUT2D eigenvalue weighted by Gasteiger charge is -2.20. The van der Waals surface area contributed by atoms with Crippen molar-refractivity contribution in [2.75, 3.05) is 0 Å². The van der Waals surface area contributed by atoms with E-state index in [4.69, 9.17) is 0 Å². The number of para-hydroxylation sites is 1. The van der Waals surface area contributed by atoms with Gasteiger partial charge < -0.3 is 9.67 Å². The number of hydrogen-bond acceptors (Lipinski definition) is 1. The Morgan fingerprint density at radius 2 is 1.65 bits per heavy atom. The number of rotatable bonds is 3. The number of nitrogens with zero attached hydrogens (tertiary/aromatic N) is 1. The first-order valence-electron chi connectivity index (χ1n) is 7.72. The fraction of sp³-hybridized carbons (Fsp3) is 0.250. The van der Waals surface area contributed by atoms with Crippen molar-refractivity contribution in [2.24, 2.45) is 7.05 Å². The smallest absolute Gasteiger partial charge is 0.313 e. The maximum atomic E-state index is 11.4. The lowest BCUT2D eigenvalue weighted by atomic mass is 9.84. The molecule has 3 rings (SSSR count). The number of carbonyl (C=O) groups is 1. The van der Waals surface area contributed by atoms with Gasteiger partial charge in [0.05, 0.1) is 5.41 Å². The second-order valence-electron chi connectivity index (χ2n) is 6.54. The highest BCUT2D eigenvalue weighted by Gasteiger charge is 2.29. The number of carboxylic acids is 1. The topological polar surface area (TPSA) is 42.2 Å². The van der Waals surface area contributed by atoms with Gasteiger partial charge in [0.1, 0.15) is 0 Å². The minimum atomic E-state index is -0.883. The molecule has 0 amide bonds. The number of aliphatic carboxylic acids is 1. The van der Waals surface area contributed by atoms with E-state index in [1.54, 1.807) is 13.8 Å². The molecular formula is C20H21NO2. The zero-order chi connectivity index (χ0) is 16.8. The highest BCUT2D eigenvalue weighted by molar-refractivity contribution is 5.98. The van der Waals surface area contributed by atoms with Crippen LogP contribution in [0, 0.1) is 6.92 Å². The molecule has 0 unspecified atom stereocenters. The molecule has 0 saturated heterocycles. The van der Waals surface area contributed by atoms with E-state index < -0.39 is 11.4 Å². The molecule has 0 bridgehead atoms. The van der Waals surface area contributed by atoms with E-state index in [0.717, 1.165) is 11.1 Å². The lowest BCUT2D eigenvalue weighted by molar-refractivity contribution is -0.142. The molecular weight excluding hydrogens is 286 g/mol. The molecule has 23 heavy (non-hydrogen) atoms. The van der Waals surface area contributed by atoms with Crippen molar-refractivity contribution in [2.45, 2.75) is 26.2 Å². The van der Waals surface area contributed by atoms with Crippen LogP contribution in [0.4, 0.5) is 0 Å². The normalized spacial score (nSPS) is 11.8. The van der Waals surface area contributed by atoms with Crippen molar-refractivity contribution in [1.82, 2.24) is 4.57 Å². The largest absolute Gasteiger partial charge is 0.481 e. The van der Waals surface area contributed by atoms with E-state index in [1.165, 1.54) is 22.2 Å². The van der Waals surface area contributed by atoms with Crippen molar-refractivity contribution in [3.63, 3.8) is 0 Å². The van der Waals surface area contributed by atoms with Gasteiger partial charge in [-0.05, 0) is 38.0 Å². The first kappa shape index (κ1) is 15.3. The third-order valence-corrected chi connectivity index (χ3v) is 4.83. The van der Waals surface area contributed by atoms with Crippen LogP contribution in [-0.2, 0) is 17.3 Å². The summed E-state index contributed by atoms with van der Waals surface area (Å²) in [7, 11) is 2.07. The van der Waals surface area contributed by atoms with E-state index in [-0.39, 0.29) is 0 Å². The van der Waals surface area contributed by atoms with Crippen LogP contribution in [0.25, 0.3) is 22.0 Å². The molecule has 3 heteroatoms. The summed E-state index contributed by atoms with van der Waals surface area (Å²) in [6, 6.07) is 16.2. The van der Waals surface area contributed by atoms with Gasteiger partial charge in [0, 0.05) is 29.2 Å². The molecule has 0 spiro atoms. The summed E-state index contributed by atoms with van der Waals surface area (Å²) < 4.78 is 2.19. The Labute approximate surface area is 136 Å². The number of aryl methyl sites for hydroxylation is 1. The van der Waals surface area contributed by atoms with Gasteiger partial charge in [-0.3, -0.25) is 4.79 Å². The summed E-state index contributed by atoms with van der Waals surface area (Å²) >= 11 is 0. The number of hydrogen-bond donors (Lipinski definition) is 1. The predicted molar refractivity (Wildman–Crippen MR) is 93.8 cm³/mol. The fourth-order valence-corrected chi connectivity index (χ4v) is 3.06. The first-order valence-corrected chi connectivity index (χ1v) is 7.72. The molecule has 0 fully saturated rings. The highest BCUT2D eigenvalue weighted by Crippen LogP contribution is 2.35. The molecule has 2 aromatic carbocycles. The van der Waals surface area contributed by atoms with Crippen molar-refractivity contribution in [3.8, 4) is 11.1 Å². The van der Waals surface area contributed by atoms with Gasteiger partial charge in [0.15, 0.2) is 0 Å². The van der Waals surface area contributed by atoms with E-state index in [2.05, 4.69) is 30.7 Å². The predicted octanol–water partition coefficient (Wildman–Crippen LogP) is 4.52. The van der Waals surface area contributed by atoms with Gasteiger partial charge in [-0.15, -0.1) is 0 Å². The van der Waals surface area contributed by atoms with Crippen molar-refractivity contribution >= 4 is 16.9 Å². The molecule has 3 nitrogen and oxygen atoms in total. The van der Waals surface area contributed by atoms with Gasteiger partial charge in [0.25, 0.3) is 0 Å². The number of carboxylic acid groups (broad SMARTS) is 1. The molecule has 1 N–H and O–H groups in total. The third kappa shape index (κ3) is 2.33. The molecule has 0 saturated carbocycles. The summed E-state index contributed by atoms with van der Waals surface area (Å²) in [6.45, 7) is 5.57. The Bertz CT molecular complexity index is 886. The quantitative estimate of drug-likeness (QED) is 0.773. The Morgan fingerprint density at radius 1 is 1.04 bits per heavy atom. The summed E-state index contributed by atoms with van der Waals surface area (Å²) in [5.41, 5.74) is 4.66. The highest BCUT2D eigenvalue weighted by atomic mass is 16.4. The van der Waals surface area contributed by atoms with Gasteiger partial charge in [0.2, 0.25) is 0 Å². The van der Waals surface area contributed by atoms with E-state index in [9.17, 15) is 9.90 Å². The first-order chi connectivity index (χ1) is 10.8. The molecule has 0 aliphatic rings. The van der Waals surface area contributed by atoms with Gasteiger partial charge in [-0.25, -0.2) is 0 Å². The Balaban J connectivity index is 2.14. The number of aromatic nitrogens is 1. The minimum Gasteiger partial charge on any atom is -0.481 e. The van der Waals surface area contributed by atoms with E-state index in [0.29, 0.717) is 0 Å². The molecule has 1 aromatic heterocycles. The maximum absolute atomic E-state index is 11.4. The van der Waals surface area contributed by atoms with E-state index in [1.807, 2.05) is 36.4 Å². The molecule has 0 aliphatic heterocycles. The molecule has 1 heterocycles. The number of benzene rings is 2. The van der Waals surface area contributed by atoms with Crippen LogP contribution < -0.4 is 0 Å². The van der Waals surface area contributed by atoms with Crippen LogP contribution in [0.15, 0.2) is 48.5 Å². The summed E-state index contributed by atoms with van der Waals surface area (Å²) in [5, 5.41) is 10.6. The second-order valence-corrected chi connectivity index (χ2v) is 6.54. The van der Waals surface area contributed by atoms with Crippen LogP contribution >= 0.6 is 0 Å². The molecule has 0 radical (unpaired) electrons. The van der Waals surface area contributed by atoms with Gasteiger partial charge in [-0.1, -0.05) is 42.5 Å². The Morgan fingerprint density at radius 3 is 2.26 bits per heavy atom. The third-order valence-electron chi connectivity index (χ3n) is 4.83. The average Bonchev–Trinajstić information content (AvgIpc) is 2.79. The Hall–Kier alpha value is -2.55. The molecule has 3 aromatic rings. The van der Waals surface area contributed by atoms with Gasteiger partial charge in [-0.2, -0.15) is 0 Å². The fourth-order valence-electron chi connectivity index (χ4n) is 3.06. The van der Waals surface area contributed by atoms with Crippen LogP contribution in [0.2, 0.25) is 0 Å². The summed E-state index contributed by atoms with van der Waals surface area (Å²) in [4.78, 5) is 11.4. The maximum Gasteiger partial charge on any atom is 0.313 e. The Kier molecular flexibility index (Phi) is 3.52. The van der Waals surface area contributed by atoms with Crippen LogP contribution in [0.1, 0.15) is 25.1 Å². The van der Waals surface area contributed by atoms with Crippen LogP contribution in [0.5, 0.6) is 0 Å². The second kappa shape index (κ2) is 5.27. The molecule has 0 aliphatic carbocycles. The van der Waals surface area contributed by atoms with E-state index >= 15 is 0 Å². The summed E-state index contributed by atoms with van der Waals surface area (Å²) in [5.74, 6) is -0.813. The SMILES string of the molecule is Cc1c(-c2ccc(C(C)(C)C(=O)O)cc2)c2ccccc2n1C. The minimum absolute atomic E-state index is 0.812. The molecule has 0 atom stereocenters. The van der Waals surface area contributed by atoms with Crippen LogP contribution in [-0.4, -0.2) is 15.6 Å². The zero-order valence-electron chi connectivity index (χ0n) is 13.9. The number of fused-ring (bicyclic) bond motifs is 1. The van der Waals surface area contributed by atoms with Crippen molar-refractivity contribution < 1.29 is 9.90 Å². The standard InChI is InChI=1S/C20H21NO2/c1-13-18(16-7-5-6-8-17(16)21(13)4)14-9-11-15(12-10-14)20(2,3)19(22)23/h5-12H,1-4H3,(H,22,23). The van der Waals surface area contributed by atoms with Crippen molar-refractivity contribution in [3.05, 3.63) is 59.8 Å². The van der Waals surface area contributed by atoms with Gasteiger partial charge >= 0.3 is 5.97 Å². The average molecular weight is 307 g/mol. The monoisotopic (exact) mass is 307 g/mol. The summed E-state index contributed by atoms with van der Waals surface area (Å²) in [6.07, 6.45) is 0.